The van der Waals surface area contributed by atoms with Crippen molar-refractivity contribution < 1.29 is 14.8 Å². The lowest BCUT2D eigenvalue weighted by Gasteiger charge is -2.05. The van der Waals surface area contributed by atoms with E-state index < -0.39 is 16.5 Å². The Kier molecular flexibility index (Phi) is 4.12. The summed E-state index contributed by atoms with van der Waals surface area (Å²) in [6.07, 6.45) is 2.00. The minimum atomic E-state index is -1.18. The van der Waals surface area contributed by atoms with Crippen molar-refractivity contribution in [3.63, 3.8) is 0 Å². The number of carboxylic acid groups (broad SMARTS) is 1. The number of hydrogen-bond acceptors (Lipinski definition) is 5. The molecule has 1 heterocycles. The first-order valence-corrected chi connectivity index (χ1v) is 6.12. The van der Waals surface area contributed by atoms with Gasteiger partial charge in [0.25, 0.3) is 11.2 Å². The number of aryl methyl sites for hydroxylation is 1. The molecular weight excluding hydrogens is 290 g/mol. The van der Waals surface area contributed by atoms with Crippen LogP contribution in [0.25, 0.3) is 17.3 Å². The Balaban J connectivity index is 2.57. The van der Waals surface area contributed by atoms with Crippen molar-refractivity contribution in [1.82, 2.24) is 9.78 Å². The summed E-state index contributed by atoms with van der Waals surface area (Å²) < 4.78 is 1.05. The lowest BCUT2D eigenvalue weighted by atomic mass is 10.1. The third-order valence-electron chi connectivity index (χ3n) is 2.85. The Morgan fingerprint density at radius 2 is 2.14 bits per heavy atom. The predicted octanol–water partition coefficient (Wildman–Crippen LogP) is 1.45. The Morgan fingerprint density at radius 1 is 1.41 bits per heavy atom. The van der Waals surface area contributed by atoms with Crippen molar-refractivity contribution in [3.05, 3.63) is 62.4 Å². The van der Waals surface area contributed by atoms with E-state index in [-0.39, 0.29) is 11.3 Å². The van der Waals surface area contributed by atoms with E-state index in [9.17, 15) is 19.7 Å². The molecule has 1 N–H and O–H groups in total. The van der Waals surface area contributed by atoms with Crippen LogP contribution in [-0.2, 0) is 11.8 Å². The number of nitro groups is 1. The molecule has 8 nitrogen and oxygen atoms in total. The second-order valence-electron chi connectivity index (χ2n) is 4.39. The van der Waals surface area contributed by atoms with Crippen molar-refractivity contribution in [2.75, 3.05) is 0 Å². The molecule has 1 aromatic heterocycles. The molecule has 0 fully saturated rings. The number of benzene rings is 1. The molecule has 0 spiro atoms. The van der Waals surface area contributed by atoms with Gasteiger partial charge in [0.2, 0.25) is 0 Å². The molecule has 0 saturated heterocycles. The summed E-state index contributed by atoms with van der Waals surface area (Å²) >= 11 is 0. The number of carbonyl (C=O) groups is 1. The number of nitro benzene ring substituents is 1. The van der Waals surface area contributed by atoms with Gasteiger partial charge in [-0.3, -0.25) is 14.9 Å². The molecule has 0 radical (unpaired) electrons. The lowest BCUT2D eigenvalue weighted by Crippen LogP contribution is -2.22. The van der Waals surface area contributed by atoms with Gasteiger partial charge in [0.1, 0.15) is 0 Å². The van der Waals surface area contributed by atoms with Gasteiger partial charge < -0.3 is 5.11 Å². The highest BCUT2D eigenvalue weighted by atomic mass is 16.6. The molecule has 0 aliphatic heterocycles. The van der Waals surface area contributed by atoms with Crippen molar-refractivity contribution in [2.45, 2.75) is 0 Å². The fourth-order valence-corrected chi connectivity index (χ4v) is 1.83. The Hall–Kier alpha value is -3.29. The predicted molar refractivity (Wildman–Crippen MR) is 78.2 cm³/mol. The molecule has 22 heavy (non-hydrogen) atoms. The summed E-state index contributed by atoms with van der Waals surface area (Å²) in [4.78, 5) is 32.7. The minimum Gasteiger partial charge on any atom is -0.478 e. The van der Waals surface area contributed by atoms with Crippen LogP contribution in [-0.4, -0.2) is 25.8 Å². The van der Waals surface area contributed by atoms with E-state index in [1.54, 1.807) is 6.07 Å². The van der Waals surface area contributed by atoms with E-state index in [2.05, 4.69) is 5.10 Å². The zero-order chi connectivity index (χ0) is 16.3. The maximum absolute atomic E-state index is 11.9. The summed E-state index contributed by atoms with van der Waals surface area (Å²) in [5, 5.41) is 23.5. The summed E-state index contributed by atoms with van der Waals surface area (Å²) in [7, 11) is 1.42. The quantitative estimate of drug-likeness (QED) is 0.519. The smallest absolute Gasteiger partial charge is 0.328 e. The van der Waals surface area contributed by atoms with E-state index in [0.717, 1.165) is 16.8 Å². The third kappa shape index (κ3) is 3.23. The van der Waals surface area contributed by atoms with Crippen LogP contribution in [0.5, 0.6) is 0 Å². The van der Waals surface area contributed by atoms with E-state index in [1.165, 1.54) is 31.3 Å². The van der Waals surface area contributed by atoms with Gasteiger partial charge in [-0.05, 0) is 12.1 Å². The van der Waals surface area contributed by atoms with Crippen molar-refractivity contribution in [2.24, 2.45) is 7.05 Å². The van der Waals surface area contributed by atoms with Crippen LogP contribution in [0.3, 0.4) is 0 Å². The largest absolute Gasteiger partial charge is 0.478 e. The van der Waals surface area contributed by atoms with Crippen LogP contribution in [0.1, 0.15) is 5.56 Å². The van der Waals surface area contributed by atoms with E-state index in [4.69, 9.17) is 5.11 Å². The molecule has 8 heteroatoms. The molecular formula is C14H11N3O5. The van der Waals surface area contributed by atoms with Crippen LogP contribution in [0.4, 0.5) is 5.69 Å². The zero-order valence-corrected chi connectivity index (χ0v) is 11.5. The van der Waals surface area contributed by atoms with E-state index >= 15 is 0 Å². The number of aromatic nitrogens is 2. The molecule has 2 aromatic rings. The highest BCUT2D eigenvalue weighted by Crippen LogP contribution is 2.22. The molecule has 0 unspecified atom stereocenters. The van der Waals surface area contributed by atoms with Gasteiger partial charge in [0.15, 0.2) is 0 Å². The summed E-state index contributed by atoms with van der Waals surface area (Å²) in [5.41, 5.74) is 0.342. The number of carboxylic acids is 1. The monoisotopic (exact) mass is 301 g/mol. The lowest BCUT2D eigenvalue weighted by molar-refractivity contribution is -0.384. The van der Waals surface area contributed by atoms with Gasteiger partial charge in [-0.2, -0.15) is 5.10 Å². The summed E-state index contributed by atoms with van der Waals surface area (Å²) in [5.74, 6) is -1.18. The summed E-state index contributed by atoms with van der Waals surface area (Å²) in [6.45, 7) is 0. The maximum atomic E-state index is 11.9. The van der Waals surface area contributed by atoms with Gasteiger partial charge in [-0.15, -0.1) is 0 Å². The van der Waals surface area contributed by atoms with Crippen molar-refractivity contribution >= 4 is 17.7 Å². The van der Waals surface area contributed by atoms with Crippen molar-refractivity contribution in [1.29, 1.82) is 0 Å². The van der Waals surface area contributed by atoms with Gasteiger partial charge in [0, 0.05) is 36.4 Å². The highest BCUT2D eigenvalue weighted by Gasteiger charge is 2.10. The molecule has 112 valence electrons. The minimum absolute atomic E-state index is 0.101. The first-order valence-electron chi connectivity index (χ1n) is 6.12. The van der Waals surface area contributed by atoms with Gasteiger partial charge >= 0.3 is 5.97 Å². The standard InChI is InChI=1S/C14H11N3O5/c1-16-14(20)10(5-6-13(18)19)8-12(15-16)9-3-2-4-11(7-9)17(21)22/h2-8H,1H3,(H,18,19)/b6-5+. The van der Waals surface area contributed by atoms with E-state index in [1.807, 2.05) is 0 Å². The Bertz CT molecular complexity index is 839. The van der Waals surface area contributed by atoms with Crippen LogP contribution in [0.2, 0.25) is 0 Å². The Labute approximate surface area is 124 Å². The molecule has 1 aromatic carbocycles. The normalized spacial score (nSPS) is 10.8. The number of nitrogens with zero attached hydrogens (tertiary/aromatic N) is 3. The van der Waals surface area contributed by atoms with Gasteiger partial charge in [0.05, 0.1) is 10.6 Å². The third-order valence-corrected chi connectivity index (χ3v) is 2.85. The number of aliphatic carboxylic acids is 1. The fourth-order valence-electron chi connectivity index (χ4n) is 1.83. The average molecular weight is 301 g/mol. The Morgan fingerprint density at radius 3 is 2.77 bits per heavy atom. The van der Waals surface area contributed by atoms with E-state index in [0.29, 0.717) is 11.3 Å². The first kappa shape index (κ1) is 15.1. The second-order valence-corrected chi connectivity index (χ2v) is 4.39. The number of non-ortho nitro benzene ring substituents is 1. The molecule has 0 bridgehead atoms. The van der Waals surface area contributed by atoms with Crippen molar-refractivity contribution in [3.8, 4) is 11.3 Å². The molecule has 2 rings (SSSR count). The van der Waals surface area contributed by atoms with Crippen LogP contribution in [0, 0.1) is 10.1 Å². The number of rotatable bonds is 4. The topological polar surface area (TPSA) is 115 Å². The van der Waals surface area contributed by atoms with Crippen LogP contribution < -0.4 is 5.56 Å². The molecule has 0 atom stereocenters. The fraction of sp³-hybridized carbons (Fsp3) is 0.0714. The first-order chi connectivity index (χ1) is 10.4. The maximum Gasteiger partial charge on any atom is 0.328 e. The molecule has 0 amide bonds. The highest BCUT2D eigenvalue weighted by molar-refractivity contribution is 5.85. The second kappa shape index (κ2) is 6.00. The number of hydrogen-bond donors (Lipinski definition) is 1. The van der Waals surface area contributed by atoms with Crippen LogP contribution in [0.15, 0.2) is 41.2 Å². The van der Waals surface area contributed by atoms with Crippen LogP contribution >= 0.6 is 0 Å². The SMILES string of the molecule is Cn1nc(-c2cccc([N+](=O)[O-])c2)cc(/C=C/C(=O)O)c1=O. The van der Waals surface area contributed by atoms with Gasteiger partial charge in [-0.1, -0.05) is 12.1 Å². The average Bonchev–Trinajstić information content (AvgIpc) is 2.48. The van der Waals surface area contributed by atoms with Gasteiger partial charge in [-0.25, -0.2) is 9.48 Å². The molecule has 0 aliphatic rings. The molecule has 0 aliphatic carbocycles. The molecule has 0 saturated carbocycles. The zero-order valence-electron chi connectivity index (χ0n) is 11.5. The summed E-state index contributed by atoms with van der Waals surface area (Å²) in [6, 6.07) is 7.19.